The van der Waals surface area contributed by atoms with Gasteiger partial charge in [0.15, 0.2) is 5.96 Å². The van der Waals surface area contributed by atoms with Gasteiger partial charge in [0.25, 0.3) is 0 Å². The Kier molecular flexibility index (Phi) is 17.1. The van der Waals surface area contributed by atoms with E-state index in [9.17, 15) is 0 Å². The van der Waals surface area contributed by atoms with E-state index in [1.807, 2.05) is 7.05 Å². The van der Waals surface area contributed by atoms with Crippen LogP contribution in [0.2, 0.25) is 0 Å². The van der Waals surface area contributed by atoms with Gasteiger partial charge in [0.2, 0.25) is 0 Å². The molecule has 0 aromatic heterocycles. The molecule has 1 atom stereocenters. The molecule has 5 heteroatoms. The van der Waals surface area contributed by atoms with Crippen LogP contribution in [0.4, 0.5) is 0 Å². The molecule has 0 heterocycles. The van der Waals surface area contributed by atoms with E-state index >= 15 is 0 Å². The fourth-order valence-electron chi connectivity index (χ4n) is 2.01. The van der Waals surface area contributed by atoms with Gasteiger partial charge in [0, 0.05) is 20.1 Å². The predicted molar refractivity (Wildman–Crippen MR) is 101 cm³/mol. The number of unbranched alkanes of at least 4 members (excludes halogenated alkanes) is 1. The Bertz CT molecular complexity index is 232. The number of halogens is 1. The van der Waals surface area contributed by atoms with Crippen molar-refractivity contribution in [2.24, 2.45) is 10.9 Å². The summed E-state index contributed by atoms with van der Waals surface area (Å²) in [7, 11) is 6.05. The van der Waals surface area contributed by atoms with Gasteiger partial charge in [-0.25, -0.2) is 0 Å². The van der Waals surface area contributed by atoms with Crippen molar-refractivity contribution in [1.29, 1.82) is 0 Å². The van der Waals surface area contributed by atoms with E-state index in [2.05, 4.69) is 48.5 Å². The number of guanidine groups is 1. The molecule has 0 radical (unpaired) electrons. The topological polar surface area (TPSA) is 39.7 Å². The Morgan fingerprint density at radius 2 is 1.85 bits per heavy atom. The van der Waals surface area contributed by atoms with E-state index in [0.29, 0.717) is 0 Å². The molecule has 4 nitrogen and oxygen atoms in total. The molecular weight excluding hydrogens is 363 g/mol. The molecule has 0 aliphatic heterocycles. The fourth-order valence-corrected chi connectivity index (χ4v) is 2.01. The number of nitrogens with zero attached hydrogens (tertiary/aromatic N) is 2. The molecule has 2 N–H and O–H groups in total. The summed E-state index contributed by atoms with van der Waals surface area (Å²) in [6, 6.07) is 0. The van der Waals surface area contributed by atoms with E-state index < -0.39 is 0 Å². The Balaban J connectivity index is 0. The van der Waals surface area contributed by atoms with Gasteiger partial charge >= 0.3 is 0 Å². The van der Waals surface area contributed by atoms with Crippen LogP contribution in [0.25, 0.3) is 0 Å². The van der Waals surface area contributed by atoms with Crippen molar-refractivity contribution < 1.29 is 0 Å². The molecule has 20 heavy (non-hydrogen) atoms. The predicted octanol–water partition coefficient (Wildman–Crippen LogP) is 2.94. The summed E-state index contributed by atoms with van der Waals surface area (Å²) in [6.07, 6.45) is 6.31. The highest BCUT2D eigenvalue weighted by molar-refractivity contribution is 14.0. The molecule has 1 unspecified atom stereocenters. The Labute approximate surface area is 143 Å². The van der Waals surface area contributed by atoms with Gasteiger partial charge in [0.05, 0.1) is 0 Å². The molecule has 0 spiro atoms. The molecule has 0 aromatic rings. The highest BCUT2D eigenvalue weighted by Crippen LogP contribution is 2.10. The zero-order valence-corrected chi connectivity index (χ0v) is 16.4. The maximum Gasteiger partial charge on any atom is 0.190 e. The highest BCUT2D eigenvalue weighted by Gasteiger charge is 2.06. The molecule has 0 saturated heterocycles. The molecule has 0 amide bonds. The third-order valence-electron chi connectivity index (χ3n) is 3.40. The first kappa shape index (κ1) is 22.2. The van der Waals surface area contributed by atoms with Crippen molar-refractivity contribution >= 4 is 29.9 Å². The second kappa shape index (κ2) is 15.4. The monoisotopic (exact) mass is 398 g/mol. The molecular formula is C15H35IN4. The van der Waals surface area contributed by atoms with Gasteiger partial charge < -0.3 is 15.5 Å². The smallest absolute Gasteiger partial charge is 0.190 e. The van der Waals surface area contributed by atoms with Crippen molar-refractivity contribution in [1.82, 2.24) is 15.5 Å². The van der Waals surface area contributed by atoms with Crippen LogP contribution in [0.1, 0.15) is 46.0 Å². The highest BCUT2D eigenvalue weighted by atomic mass is 127. The normalized spacial score (nSPS) is 13.0. The summed E-state index contributed by atoms with van der Waals surface area (Å²) in [4.78, 5) is 6.48. The second-order valence-electron chi connectivity index (χ2n) is 5.45. The summed E-state index contributed by atoms with van der Waals surface area (Å²) >= 11 is 0. The van der Waals surface area contributed by atoms with E-state index in [4.69, 9.17) is 0 Å². The second-order valence-corrected chi connectivity index (χ2v) is 5.45. The lowest BCUT2D eigenvalue weighted by Gasteiger charge is -2.18. The summed E-state index contributed by atoms with van der Waals surface area (Å²) < 4.78 is 0. The van der Waals surface area contributed by atoms with E-state index in [1.54, 1.807) is 0 Å². The molecule has 0 bridgehead atoms. The number of hydrogen-bond acceptors (Lipinski definition) is 2. The van der Waals surface area contributed by atoms with Gasteiger partial charge in [-0.15, -0.1) is 24.0 Å². The van der Waals surface area contributed by atoms with Crippen molar-refractivity contribution in [3.05, 3.63) is 0 Å². The van der Waals surface area contributed by atoms with E-state index in [1.165, 1.54) is 25.7 Å². The number of aliphatic imine (C=N–C) groups is 1. The Morgan fingerprint density at radius 1 is 1.15 bits per heavy atom. The zero-order chi connectivity index (χ0) is 14.5. The first-order chi connectivity index (χ1) is 9.13. The maximum atomic E-state index is 4.27. The van der Waals surface area contributed by atoms with Crippen LogP contribution in [0.15, 0.2) is 4.99 Å². The number of hydrogen-bond donors (Lipinski definition) is 2. The molecule has 0 saturated carbocycles. The maximum absolute atomic E-state index is 4.27. The summed E-state index contributed by atoms with van der Waals surface area (Å²) in [5, 5.41) is 6.82. The fraction of sp³-hybridized carbons (Fsp3) is 0.933. The number of nitrogens with one attached hydrogen (secondary N) is 2. The lowest BCUT2D eigenvalue weighted by molar-refractivity contribution is 0.399. The molecule has 0 aliphatic carbocycles. The zero-order valence-electron chi connectivity index (χ0n) is 14.0. The minimum atomic E-state index is 0. The van der Waals surface area contributed by atoms with Crippen LogP contribution >= 0.6 is 24.0 Å². The van der Waals surface area contributed by atoms with Gasteiger partial charge in [-0.1, -0.05) is 33.1 Å². The minimum Gasteiger partial charge on any atom is -0.356 e. The van der Waals surface area contributed by atoms with Crippen LogP contribution in [-0.4, -0.2) is 51.6 Å². The number of rotatable bonds is 10. The molecule has 0 rings (SSSR count). The lowest BCUT2D eigenvalue weighted by Crippen LogP contribution is -2.40. The first-order valence-corrected chi connectivity index (χ1v) is 7.73. The van der Waals surface area contributed by atoms with Crippen LogP contribution in [0.5, 0.6) is 0 Å². The Hall–Kier alpha value is -0.0400. The van der Waals surface area contributed by atoms with Crippen molar-refractivity contribution in [2.75, 3.05) is 40.8 Å². The van der Waals surface area contributed by atoms with Crippen molar-refractivity contribution in [2.45, 2.75) is 46.0 Å². The molecule has 122 valence electrons. The standard InChI is InChI=1S/C15H34N4.HI/c1-6-8-10-14(7-2)13-18-15(16-3)17-11-9-12-19(4)5;/h14H,6-13H2,1-5H3,(H2,16,17,18);1H. The van der Waals surface area contributed by atoms with Gasteiger partial charge in [-0.05, 0) is 39.4 Å². The average Bonchev–Trinajstić information content (AvgIpc) is 2.40. The average molecular weight is 398 g/mol. The van der Waals surface area contributed by atoms with E-state index in [0.717, 1.165) is 37.9 Å². The summed E-state index contributed by atoms with van der Waals surface area (Å²) in [6.45, 7) is 7.65. The van der Waals surface area contributed by atoms with Crippen LogP contribution in [0.3, 0.4) is 0 Å². The van der Waals surface area contributed by atoms with Crippen LogP contribution in [-0.2, 0) is 0 Å². The SMILES string of the molecule is CCCCC(CC)CNC(=NC)NCCCN(C)C.I. The minimum absolute atomic E-state index is 0. The lowest BCUT2D eigenvalue weighted by atomic mass is 9.99. The van der Waals surface area contributed by atoms with Gasteiger partial charge in [0.1, 0.15) is 0 Å². The van der Waals surface area contributed by atoms with Gasteiger partial charge in [-0.2, -0.15) is 0 Å². The third kappa shape index (κ3) is 13.0. The van der Waals surface area contributed by atoms with Crippen molar-refractivity contribution in [3.63, 3.8) is 0 Å². The van der Waals surface area contributed by atoms with E-state index in [-0.39, 0.29) is 24.0 Å². The van der Waals surface area contributed by atoms with Crippen LogP contribution in [0, 0.1) is 5.92 Å². The first-order valence-electron chi connectivity index (χ1n) is 7.73. The molecule has 0 aromatic carbocycles. The third-order valence-corrected chi connectivity index (χ3v) is 3.40. The molecule has 0 aliphatic rings. The Morgan fingerprint density at radius 3 is 2.35 bits per heavy atom. The van der Waals surface area contributed by atoms with Crippen LogP contribution < -0.4 is 10.6 Å². The van der Waals surface area contributed by atoms with Crippen molar-refractivity contribution in [3.8, 4) is 0 Å². The largest absolute Gasteiger partial charge is 0.356 e. The quantitative estimate of drug-likeness (QED) is 0.257. The summed E-state index contributed by atoms with van der Waals surface area (Å²) in [5.74, 6) is 1.70. The summed E-state index contributed by atoms with van der Waals surface area (Å²) in [5.41, 5.74) is 0. The molecule has 0 fully saturated rings. The van der Waals surface area contributed by atoms with Gasteiger partial charge in [-0.3, -0.25) is 4.99 Å².